The Labute approximate surface area is 183 Å². The summed E-state index contributed by atoms with van der Waals surface area (Å²) in [6, 6.07) is 6.79. The fraction of sp³-hybridized carbons (Fsp3) is 0.542. The average Bonchev–Trinajstić information content (AvgIpc) is 3.19. The summed E-state index contributed by atoms with van der Waals surface area (Å²) in [4.78, 5) is 46.7. The third-order valence-electron chi connectivity index (χ3n) is 6.49. The predicted octanol–water partition coefficient (Wildman–Crippen LogP) is 3.39. The second kappa shape index (κ2) is 7.70. The highest BCUT2D eigenvalue weighted by Gasteiger charge is 2.60. The van der Waals surface area contributed by atoms with E-state index in [1.54, 1.807) is 11.8 Å². The zero-order chi connectivity index (χ0) is 22.5. The highest BCUT2D eigenvalue weighted by molar-refractivity contribution is 6.11. The van der Waals surface area contributed by atoms with Gasteiger partial charge in [-0.1, -0.05) is 45.9 Å². The molecule has 0 aliphatic carbocycles. The molecule has 2 aliphatic heterocycles. The van der Waals surface area contributed by atoms with Crippen LogP contribution < -0.4 is 5.32 Å². The maximum Gasteiger partial charge on any atom is 0.328 e. The topological polar surface area (TPSA) is 85.5 Å². The average molecular weight is 425 g/mol. The number of para-hydroxylation sites is 1. The molecule has 0 spiro atoms. The van der Waals surface area contributed by atoms with Gasteiger partial charge in [0.25, 0.3) is 5.91 Å². The van der Waals surface area contributed by atoms with Gasteiger partial charge in [-0.15, -0.1) is 0 Å². The number of fused-ring (bicyclic) bond motifs is 5. The van der Waals surface area contributed by atoms with E-state index in [0.29, 0.717) is 25.9 Å². The number of nitrogens with zero attached hydrogens (tertiary/aromatic N) is 2. The van der Waals surface area contributed by atoms with Crippen LogP contribution in [-0.2, 0) is 21.5 Å². The monoisotopic (exact) mass is 424 g/mol. The molecule has 0 unspecified atom stereocenters. The fourth-order valence-electron chi connectivity index (χ4n) is 4.89. The first-order valence-corrected chi connectivity index (χ1v) is 11.2. The molecule has 2 aromatic rings. The number of amides is 4. The van der Waals surface area contributed by atoms with Crippen molar-refractivity contribution in [3.05, 3.63) is 35.5 Å². The van der Waals surface area contributed by atoms with Crippen molar-refractivity contribution in [1.82, 2.24) is 20.1 Å². The first kappa shape index (κ1) is 21.4. The SMILES string of the molecule is CC(C)CNC(=O)[C@H](CC(C)C)N1C(=O)N2CCc3c([nH]c4ccccc34)[C@@]2(C)C1=O. The molecule has 1 aromatic carbocycles. The Balaban J connectivity index is 1.75. The minimum Gasteiger partial charge on any atom is -0.356 e. The van der Waals surface area contributed by atoms with Gasteiger partial charge in [0, 0.05) is 24.0 Å². The molecule has 2 aliphatic rings. The number of imide groups is 1. The quantitative estimate of drug-likeness (QED) is 0.697. The van der Waals surface area contributed by atoms with Crippen molar-refractivity contribution in [2.75, 3.05) is 13.1 Å². The maximum atomic E-state index is 13.8. The molecule has 1 fully saturated rings. The van der Waals surface area contributed by atoms with Crippen molar-refractivity contribution in [1.29, 1.82) is 0 Å². The summed E-state index contributed by atoms with van der Waals surface area (Å²) < 4.78 is 0. The summed E-state index contributed by atoms with van der Waals surface area (Å²) in [5.41, 5.74) is 1.69. The Bertz CT molecular complexity index is 1040. The molecule has 0 radical (unpaired) electrons. The third kappa shape index (κ3) is 3.30. The largest absolute Gasteiger partial charge is 0.356 e. The number of nitrogens with one attached hydrogen (secondary N) is 2. The van der Waals surface area contributed by atoms with E-state index in [-0.39, 0.29) is 29.7 Å². The maximum absolute atomic E-state index is 13.8. The van der Waals surface area contributed by atoms with Crippen LogP contribution >= 0.6 is 0 Å². The molecule has 4 rings (SSSR count). The van der Waals surface area contributed by atoms with Crippen molar-refractivity contribution in [2.45, 2.75) is 59.0 Å². The van der Waals surface area contributed by atoms with Gasteiger partial charge in [0.15, 0.2) is 5.54 Å². The molecule has 0 saturated carbocycles. The number of hydrogen-bond donors (Lipinski definition) is 2. The van der Waals surface area contributed by atoms with Crippen LogP contribution in [-0.4, -0.2) is 51.8 Å². The van der Waals surface area contributed by atoms with E-state index in [2.05, 4.69) is 10.3 Å². The number of H-pyrrole nitrogens is 1. The molecule has 2 atom stereocenters. The highest BCUT2D eigenvalue weighted by Crippen LogP contribution is 2.44. The molecule has 166 valence electrons. The van der Waals surface area contributed by atoms with Crippen LogP contribution in [0.1, 0.15) is 52.3 Å². The van der Waals surface area contributed by atoms with E-state index in [4.69, 9.17) is 0 Å². The summed E-state index contributed by atoms with van der Waals surface area (Å²) in [6.45, 7) is 10.8. The molecule has 4 amide bonds. The van der Waals surface area contributed by atoms with Gasteiger partial charge < -0.3 is 15.2 Å². The van der Waals surface area contributed by atoms with E-state index >= 15 is 0 Å². The van der Waals surface area contributed by atoms with Crippen molar-refractivity contribution >= 4 is 28.7 Å². The minimum atomic E-state index is -1.13. The summed E-state index contributed by atoms with van der Waals surface area (Å²) in [5, 5.41) is 4.02. The highest BCUT2D eigenvalue weighted by atomic mass is 16.2. The Morgan fingerprint density at radius 3 is 2.55 bits per heavy atom. The second-order valence-corrected chi connectivity index (χ2v) is 9.74. The Kier molecular flexibility index (Phi) is 5.31. The van der Waals surface area contributed by atoms with Crippen LogP contribution in [0.2, 0.25) is 0 Å². The number of benzene rings is 1. The standard InChI is InChI=1S/C24H32N4O3/c1-14(2)12-19(21(29)25-13-15(3)4)28-22(30)24(5)20-17(10-11-27(24)23(28)31)16-8-6-7-9-18(16)26-20/h6-9,14-15,19,26H,10-13H2,1-5H3,(H,25,29)/t19-,24-/m0/s1. The molecular formula is C24H32N4O3. The van der Waals surface area contributed by atoms with Gasteiger partial charge in [-0.05, 0) is 43.2 Å². The zero-order valence-corrected chi connectivity index (χ0v) is 19.0. The zero-order valence-electron chi connectivity index (χ0n) is 19.0. The number of carbonyl (C=O) groups excluding carboxylic acids is 3. The summed E-state index contributed by atoms with van der Waals surface area (Å²) in [7, 11) is 0. The molecule has 0 bridgehead atoms. The third-order valence-corrected chi connectivity index (χ3v) is 6.49. The van der Waals surface area contributed by atoms with Crippen molar-refractivity contribution in [2.24, 2.45) is 11.8 Å². The smallest absolute Gasteiger partial charge is 0.328 e. The van der Waals surface area contributed by atoms with Gasteiger partial charge in [-0.2, -0.15) is 0 Å². The molecule has 7 nitrogen and oxygen atoms in total. The molecule has 2 N–H and O–H groups in total. The van der Waals surface area contributed by atoms with Crippen LogP contribution in [0.15, 0.2) is 24.3 Å². The molecular weight excluding hydrogens is 392 g/mol. The number of urea groups is 1. The Hall–Kier alpha value is -2.83. The van der Waals surface area contributed by atoms with E-state index in [1.165, 1.54) is 4.90 Å². The molecule has 1 saturated heterocycles. The van der Waals surface area contributed by atoms with Gasteiger partial charge in [0.1, 0.15) is 6.04 Å². The number of hydrogen-bond acceptors (Lipinski definition) is 3. The van der Waals surface area contributed by atoms with E-state index in [9.17, 15) is 14.4 Å². The van der Waals surface area contributed by atoms with Gasteiger partial charge in [-0.3, -0.25) is 9.59 Å². The Morgan fingerprint density at radius 1 is 1.16 bits per heavy atom. The van der Waals surface area contributed by atoms with Crippen LogP contribution in [0.3, 0.4) is 0 Å². The number of aromatic amines is 1. The lowest BCUT2D eigenvalue weighted by Crippen LogP contribution is -2.52. The number of rotatable bonds is 6. The fourth-order valence-corrected chi connectivity index (χ4v) is 4.89. The second-order valence-electron chi connectivity index (χ2n) is 9.74. The van der Waals surface area contributed by atoms with Crippen LogP contribution in [0.4, 0.5) is 4.79 Å². The summed E-state index contributed by atoms with van der Waals surface area (Å²) >= 11 is 0. The van der Waals surface area contributed by atoms with Gasteiger partial charge in [0.05, 0.1) is 5.69 Å². The lowest BCUT2D eigenvalue weighted by atomic mass is 9.86. The van der Waals surface area contributed by atoms with Crippen molar-refractivity contribution < 1.29 is 14.4 Å². The van der Waals surface area contributed by atoms with E-state index in [1.807, 2.05) is 52.0 Å². The van der Waals surface area contributed by atoms with Crippen LogP contribution in [0.25, 0.3) is 10.9 Å². The Morgan fingerprint density at radius 2 is 1.87 bits per heavy atom. The first-order valence-electron chi connectivity index (χ1n) is 11.2. The van der Waals surface area contributed by atoms with Crippen molar-refractivity contribution in [3.8, 4) is 0 Å². The predicted molar refractivity (Wildman–Crippen MR) is 119 cm³/mol. The molecule has 31 heavy (non-hydrogen) atoms. The van der Waals surface area contributed by atoms with Gasteiger partial charge in [0.2, 0.25) is 5.91 Å². The van der Waals surface area contributed by atoms with Crippen molar-refractivity contribution in [3.63, 3.8) is 0 Å². The van der Waals surface area contributed by atoms with Crippen LogP contribution in [0, 0.1) is 11.8 Å². The first-order chi connectivity index (χ1) is 14.7. The molecule has 7 heteroatoms. The van der Waals surface area contributed by atoms with Gasteiger partial charge >= 0.3 is 6.03 Å². The number of carbonyl (C=O) groups is 3. The minimum absolute atomic E-state index is 0.157. The number of aromatic nitrogens is 1. The van der Waals surface area contributed by atoms with E-state index < -0.39 is 11.6 Å². The lowest BCUT2D eigenvalue weighted by molar-refractivity contribution is -0.140. The van der Waals surface area contributed by atoms with Gasteiger partial charge in [-0.25, -0.2) is 9.69 Å². The molecule has 1 aromatic heterocycles. The summed E-state index contributed by atoms with van der Waals surface area (Å²) in [6.07, 6.45) is 1.11. The van der Waals surface area contributed by atoms with E-state index in [0.717, 1.165) is 22.2 Å². The molecule has 3 heterocycles. The normalized spacial score (nSPS) is 21.8. The summed E-state index contributed by atoms with van der Waals surface area (Å²) in [5.74, 6) is -0.143. The lowest BCUT2D eigenvalue weighted by Gasteiger charge is -2.36. The van der Waals surface area contributed by atoms with Crippen LogP contribution in [0.5, 0.6) is 0 Å².